The normalized spacial score (nSPS) is 11.2. The molecule has 22 heavy (non-hydrogen) atoms. The third kappa shape index (κ3) is 3.40. The first-order chi connectivity index (χ1) is 10.6. The number of aryl methyl sites for hydroxylation is 1. The van der Waals surface area contributed by atoms with Crippen LogP contribution in [0.5, 0.6) is 5.75 Å². The van der Waals surface area contributed by atoms with Crippen LogP contribution in [0, 0.1) is 0 Å². The standard InChI is InChI=1S/C17H17ClO4/c1-3-11-5-4-6-13-12(7-8-15(19)20)9-14(18)17(16(11)13)22-10-21-2/h4-9H,3,10H2,1-2H3,(H,19,20)/b8-7+. The molecule has 2 rings (SSSR count). The summed E-state index contributed by atoms with van der Waals surface area (Å²) >= 11 is 6.33. The van der Waals surface area contributed by atoms with Crippen LogP contribution in [0.3, 0.4) is 0 Å². The summed E-state index contributed by atoms with van der Waals surface area (Å²) in [5, 5.41) is 11.0. The van der Waals surface area contributed by atoms with Crippen LogP contribution in [-0.4, -0.2) is 25.0 Å². The molecular formula is C17H17ClO4. The molecule has 0 fully saturated rings. The number of benzene rings is 2. The average Bonchev–Trinajstić information content (AvgIpc) is 2.51. The van der Waals surface area contributed by atoms with Crippen molar-refractivity contribution in [3.63, 3.8) is 0 Å². The van der Waals surface area contributed by atoms with E-state index in [4.69, 9.17) is 26.2 Å². The molecule has 0 unspecified atom stereocenters. The van der Waals surface area contributed by atoms with Gasteiger partial charge >= 0.3 is 5.97 Å². The van der Waals surface area contributed by atoms with Gasteiger partial charge in [0.25, 0.3) is 0 Å². The lowest BCUT2D eigenvalue weighted by atomic mass is 9.97. The molecule has 4 nitrogen and oxygen atoms in total. The molecule has 116 valence electrons. The minimum atomic E-state index is -1.00. The van der Waals surface area contributed by atoms with Gasteiger partial charge in [0.15, 0.2) is 6.79 Å². The zero-order valence-corrected chi connectivity index (χ0v) is 13.2. The lowest BCUT2D eigenvalue weighted by Gasteiger charge is -2.15. The second-order valence-electron chi connectivity index (χ2n) is 4.69. The van der Waals surface area contributed by atoms with Gasteiger partial charge in [-0.2, -0.15) is 0 Å². The number of ether oxygens (including phenoxy) is 2. The summed E-state index contributed by atoms with van der Waals surface area (Å²) in [7, 11) is 1.54. The zero-order chi connectivity index (χ0) is 16.1. The molecule has 2 aromatic carbocycles. The lowest BCUT2D eigenvalue weighted by molar-refractivity contribution is -0.131. The van der Waals surface area contributed by atoms with E-state index in [9.17, 15) is 4.79 Å². The van der Waals surface area contributed by atoms with Crippen molar-refractivity contribution in [1.82, 2.24) is 0 Å². The van der Waals surface area contributed by atoms with E-state index in [0.29, 0.717) is 10.8 Å². The summed E-state index contributed by atoms with van der Waals surface area (Å²) in [6, 6.07) is 7.57. The number of carboxylic acid groups (broad SMARTS) is 1. The van der Waals surface area contributed by atoms with Gasteiger partial charge in [0.2, 0.25) is 0 Å². The van der Waals surface area contributed by atoms with Gasteiger partial charge in [-0.15, -0.1) is 0 Å². The molecule has 0 radical (unpaired) electrons. The van der Waals surface area contributed by atoms with Gasteiger partial charge in [0, 0.05) is 18.6 Å². The highest BCUT2D eigenvalue weighted by molar-refractivity contribution is 6.33. The van der Waals surface area contributed by atoms with Crippen LogP contribution in [0.25, 0.3) is 16.8 Å². The van der Waals surface area contributed by atoms with E-state index in [1.165, 1.54) is 6.08 Å². The topological polar surface area (TPSA) is 55.8 Å². The number of hydrogen-bond donors (Lipinski definition) is 1. The van der Waals surface area contributed by atoms with Crippen molar-refractivity contribution in [2.24, 2.45) is 0 Å². The van der Waals surface area contributed by atoms with Gasteiger partial charge in [-0.25, -0.2) is 4.79 Å². The molecule has 0 bridgehead atoms. The number of carbonyl (C=O) groups is 1. The van der Waals surface area contributed by atoms with E-state index in [0.717, 1.165) is 34.4 Å². The predicted molar refractivity (Wildman–Crippen MR) is 87.5 cm³/mol. The summed E-state index contributed by atoms with van der Waals surface area (Å²) in [6.07, 6.45) is 3.44. The molecule has 0 aliphatic heterocycles. The van der Waals surface area contributed by atoms with Crippen LogP contribution in [0.15, 0.2) is 30.3 Å². The molecule has 0 saturated carbocycles. The van der Waals surface area contributed by atoms with Gasteiger partial charge in [0.1, 0.15) is 5.75 Å². The number of methoxy groups -OCH3 is 1. The quantitative estimate of drug-likeness (QED) is 0.642. The summed E-state index contributed by atoms with van der Waals surface area (Å²) in [6.45, 7) is 2.14. The highest BCUT2D eigenvalue weighted by Crippen LogP contribution is 2.38. The first kappa shape index (κ1) is 16.3. The van der Waals surface area contributed by atoms with Crippen molar-refractivity contribution in [3.8, 4) is 5.75 Å². The fourth-order valence-electron chi connectivity index (χ4n) is 2.36. The Morgan fingerprint density at radius 1 is 1.41 bits per heavy atom. The van der Waals surface area contributed by atoms with Crippen LogP contribution in [0.2, 0.25) is 5.02 Å². The second kappa shape index (κ2) is 7.29. The maximum absolute atomic E-state index is 10.8. The number of fused-ring (bicyclic) bond motifs is 1. The minimum Gasteiger partial charge on any atom is -0.478 e. The smallest absolute Gasteiger partial charge is 0.328 e. The van der Waals surface area contributed by atoms with Crippen LogP contribution in [0.1, 0.15) is 18.1 Å². The Balaban J connectivity index is 2.73. The van der Waals surface area contributed by atoms with Gasteiger partial charge in [-0.3, -0.25) is 0 Å². The molecule has 0 aliphatic rings. The highest BCUT2D eigenvalue weighted by atomic mass is 35.5. The molecule has 0 spiro atoms. The van der Waals surface area contributed by atoms with Crippen LogP contribution in [-0.2, 0) is 16.0 Å². The SMILES string of the molecule is CCc1cccc2c(/C=C/C(=O)O)cc(Cl)c(OCOC)c12. The molecule has 0 atom stereocenters. The average molecular weight is 321 g/mol. The molecule has 0 saturated heterocycles. The first-order valence-corrected chi connectivity index (χ1v) is 7.23. The molecule has 0 aliphatic carbocycles. The van der Waals surface area contributed by atoms with Gasteiger partial charge in [-0.05, 0) is 35.1 Å². The third-order valence-electron chi connectivity index (χ3n) is 3.30. The molecule has 1 N–H and O–H groups in total. The zero-order valence-electron chi connectivity index (χ0n) is 12.4. The number of halogens is 1. The molecular weight excluding hydrogens is 304 g/mol. The summed E-state index contributed by atoms with van der Waals surface area (Å²) in [5.74, 6) is -0.445. The van der Waals surface area contributed by atoms with Crippen molar-refractivity contribution in [1.29, 1.82) is 0 Å². The van der Waals surface area contributed by atoms with E-state index in [2.05, 4.69) is 0 Å². The summed E-state index contributed by atoms with van der Waals surface area (Å²) in [4.78, 5) is 10.8. The fourth-order valence-corrected chi connectivity index (χ4v) is 2.63. The number of hydrogen-bond acceptors (Lipinski definition) is 3. The lowest BCUT2D eigenvalue weighted by Crippen LogP contribution is -2.02. The molecule has 0 amide bonds. The third-order valence-corrected chi connectivity index (χ3v) is 3.58. The van der Waals surface area contributed by atoms with Gasteiger partial charge < -0.3 is 14.6 Å². The van der Waals surface area contributed by atoms with E-state index >= 15 is 0 Å². The molecule has 0 aromatic heterocycles. The fraction of sp³-hybridized carbons (Fsp3) is 0.235. The highest BCUT2D eigenvalue weighted by Gasteiger charge is 2.14. The van der Waals surface area contributed by atoms with Crippen LogP contribution < -0.4 is 4.74 Å². The Bertz CT molecular complexity index is 722. The Labute approximate surface area is 133 Å². The van der Waals surface area contributed by atoms with Gasteiger partial charge in [-0.1, -0.05) is 36.7 Å². The number of rotatable bonds is 6. The Hall–Kier alpha value is -2.04. The number of carboxylic acids is 1. The minimum absolute atomic E-state index is 0.0944. The van der Waals surface area contributed by atoms with Gasteiger partial charge in [0.05, 0.1) is 5.02 Å². The van der Waals surface area contributed by atoms with Crippen molar-refractivity contribution < 1.29 is 19.4 Å². The van der Waals surface area contributed by atoms with Crippen molar-refractivity contribution in [3.05, 3.63) is 46.5 Å². The Morgan fingerprint density at radius 2 is 2.18 bits per heavy atom. The van der Waals surface area contributed by atoms with Crippen molar-refractivity contribution >= 4 is 34.4 Å². The van der Waals surface area contributed by atoms with Crippen molar-refractivity contribution in [2.75, 3.05) is 13.9 Å². The van der Waals surface area contributed by atoms with Crippen molar-refractivity contribution in [2.45, 2.75) is 13.3 Å². The first-order valence-electron chi connectivity index (χ1n) is 6.85. The largest absolute Gasteiger partial charge is 0.478 e. The van der Waals surface area contributed by atoms with E-state index in [-0.39, 0.29) is 6.79 Å². The monoisotopic (exact) mass is 320 g/mol. The van der Waals surface area contributed by atoms with E-state index in [1.54, 1.807) is 13.2 Å². The van der Waals surface area contributed by atoms with Crippen LogP contribution >= 0.6 is 11.6 Å². The summed E-state index contributed by atoms with van der Waals surface area (Å²) in [5.41, 5.74) is 1.82. The Morgan fingerprint density at radius 3 is 2.82 bits per heavy atom. The molecule has 0 heterocycles. The predicted octanol–water partition coefficient (Wildman–Crippen LogP) is 4.14. The van der Waals surface area contributed by atoms with Crippen LogP contribution in [0.4, 0.5) is 0 Å². The molecule has 2 aromatic rings. The number of aliphatic carboxylic acids is 1. The molecule has 5 heteroatoms. The summed E-state index contributed by atoms with van der Waals surface area (Å²) < 4.78 is 10.6. The Kier molecular flexibility index (Phi) is 5.41. The van der Waals surface area contributed by atoms with E-state index in [1.807, 2.05) is 25.1 Å². The maximum atomic E-state index is 10.8. The maximum Gasteiger partial charge on any atom is 0.328 e. The second-order valence-corrected chi connectivity index (χ2v) is 5.10. The van der Waals surface area contributed by atoms with E-state index < -0.39 is 5.97 Å².